The molecule has 9 heteroatoms. The number of halogens is 1. The van der Waals surface area contributed by atoms with Crippen LogP contribution in [0.1, 0.15) is 32.8 Å². The number of carbonyl (C=O) groups excluding carboxylic acids is 1. The van der Waals surface area contributed by atoms with E-state index in [1.165, 1.54) is 5.56 Å². The van der Waals surface area contributed by atoms with E-state index in [4.69, 9.17) is 4.74 Å². The molecule has 0 aliphatic carbocycles. The van der Waals surface area contributed by atoms with E-state index >= 15 is 0 Å². The van der Waals surface area contributed by atoms with Gasteiger partial charge in [0.05, 0.1) is 6.20 Å². The summed E-state index contributed by atoms with van der Waals surface area (Å²) in [6.45, 7) is 7.57. The molecule has 0 aliphatic heterocycles. The SMILES string of the molecule is CN=C(NCCCNC(=O)OC(C)(C)C)NCCc1cnn(C)c1.I. The van der Waals surface area contributed by atoms with Crippen molar-refractivity contribution < 1.29 is 9.53 Å². The number of aliphatic imine (C=N–C) groups is 1. The molecule has 1 rings (SSSR count). The molecule has 1 amide bonds. The van der Waals surface area contributed by atoms with Gasteiger partial charge in [0.15, 0.2) is 5.96 Å². The highest BCUT2D eigenvalue weighted by Crippen LogP contribution is 2.06. The Morgan fingerprint density at radius 2 is 1.88 bits per heavy atom. The third kappa shape index (κ3) is 11.6. The molecule has 0 saturated heterocycles. The Kier molecular flexibility index (Phi) is 11.2. The van der Waals surface area contributed by atoms with Crippen LogP contribution in [-0.4, -0.2) is 54.1 Å². The second-order valence-electron chi connectivity index (χ2n) is 6.48. The van der Waals surface area contributed by atoms with Gasteiger partial charge in [-0.25, -0.2) is 4.79 Å². The first-order valence-electron chi connectivity index (χ1n) is 8.19. The minimum atomic E-state index is -0.470. The molecule has 0 aliphatic rings. The topological polar surface area (TPSA) is 92.6 Å². The molecule has 0 spiro atoms. The van der Waals surface area contributed by atoms with Crippen LogP contribution in [0.25, 0.3) is 0 Å². The minimum Gasteiger partial charge on any atom is -0.444 e. The molecule has 1 aromatic rings. The third-order valence-corrected chi connectivity index (χ3v) is 3.00. The zero-order valence-electron chi connectivity index (χ0n) is 15.8. The Balaban J connectivity index is 0.00000576. The van der Waals surface area contributed by atoms with Gasteiger partial charge in [-0.3, -0.25) is 9.67 Å². The largest absolute Gasteiger partial charge is 0.444 e. The van der Waals surface area contributed by atoms with E-state index in [9.17, 15) is 4.79 Å². The summed E-state index contributed by atoms with van der Waals surface area (Å²) in [6, 6.07) is 0. The lowest BCUT2D eigenvalue weighted by atomic mass is 10.2. The normalized spacial score (nSPS) is 11.5. The average Bonchev–Trinajstić information content (AvgIpc) is 2.88. The molecule has 1 heterocycles. The fraction of sp³-hybridized carbons (Fsp3) is 0.688. The number of aryl methyl sites for hydroxylation is 1. The second-order valence-corrected chi connectivity index (χ2v) is 6.48. The van der Waals surface area contributed by atoms with Gasteiger partial charge in [0, 0.05) is 39.9 Å². The van der Waals surface area contributed by atoms with Gasteiger partial charge in [-0.05, 0) is 39.2 Å². The van der Waals surface area contributed by atoms with Gasteiger partial charge in [0.1, 0.15) is 5.60 Å². The van der Waals surface area contributed by atoms with Crippen LogP contribution >= 0.6 is 24.0 Å². The van der Waals surface area contributed by atoms with Gasteiger partial charge >= 0.3 is 6.09 Å². The van der Waals surface area contributed by atoms with Crippen molar-refractivity contribution in [3.8, 4) is 0 Å². The number of alkyl carbamates (subject to hydrolysis) is 1. The summed E-state index contributed by atoms with van der Waals surface area (Å²) >= 11 is 0. The van der Waals surface area contributed by atoms with Gasteiger partial charge < -0.3 is 20.7 Å². The molecule has 0 bridgehead atoms. The molecule has 144 valence electrons. The van der Waals surface area contributed by atoms with Crippen LogP contribution in [0.15, 0.2) is 17.4 Å². The molecule has 8 nitrogen and oxygen atoms in total. The predicted octanol–water partition coefficient (Wildman–Crippen LogP) is 1.66. The van der Waals surface area contributed by atoms with Crippen LogP contribution in [0.5, 0.6) is 0 Å². The average molecular weight is 466 g/mol. The summed E-state index contributed by atoms with van der Waals surface area (Å²) in [6.07, 6.45) is 5.14. The summed E-state index contributed by atoms with van der Waals surface area (Å²) < 4.78 is 6.96. The number of nitrogens with one attached hydrogen (secondary N) is 3. The first-order chi connectivity index (χ1) is 11.3. The smallest absolute Gasteiger partial charge is 0.407 e. The maximum absolute atomic E-state index is 11.5. The molecule has 3 N–H and O–H groups in total. The number of guanidine groups is 1. The van der Waals surface area contributed by atoms with Gasteiger partial charge in [-0.1, -0.05) is 0 Å². The van der Waals surface area contributed by atoms with Gasteiger partial charge in [0.2, 0.25) is 0 Å². The highest BCUT2D eigenvalue weighted by Gasteiger charge is 2.15. The van der Waals surface area contributed by atoms with E-state index < -0.39 is 5.60 Å². The van der Waals surface area contributed by atoms with Gasteiger partial charge in [0.25, 0.3) is 0 Å². The van der Waals surface area contributed by atoms with Gasteiger partial charge in [-0.15, -0.1) is 24.0 Å². The van der Waals surface area contributed by atoms with E-state index in [0.29, 0.717) is 13.1 Å². The van der Waals surface area contributed by atoms with Gasteiger partial charge in [-0.2, -0.15) is 5.10 Å². The molecule has 0 radical (unpaired) electrons. The first kappa shape index (κ1) is 23.5. The fourth-order valence-corrected chi connectivity index (χ4v) is 1.95. The lowest BCUT2D eigenvalue weighted by Gasteiger charge is -2.19. The third-order valence-electron chi connectivity index (χ3n) is 3.00. The number of hydrogen-bond acceptors (Lipinski definition) is 4. The van der Waals surface area contributed by atoms with Crippen molar-refractivity contribution in [3.63, 3.8) is 0 Å². The summed E-state index contributed by atoms with van der Waals surface area (Å²) in [5.74, 6) is 0.746. The van der Waals surface area contributed by atoms with E-state index in [2.05, 4.69) is 26.0 Å². The summed E-state index contributed by atoms with van der Waals surface area (Å²) in [5.41, 5.74) is 0.713. The highest BCUT2D eigenvalue weighted by molar-refractivity contribution is 14.0. The molecule has 0 unspecified atom stereocenters. The number of ether oxygens (including phenoxy) is 1. The summed E-state index contributed by atoms with van der Waals surface area (Å²) in [4.78, 5) is 15.7. The number of amides is 1. The molecule has 25 heavy (non-hydrogen) atoms. The van der Waals surface area contributed by atoms with Crippen molar-refractivity contribution in [2.24, 2.45) is 12.0 Å². The lowest BCUT2D eigenvalue weighted by molar-refractivity contribution is 0.0527. The first-order valence-corrected chi connectivity index (χ1v) is 8.19. The Labute approximate surface area is 167 Å². The van der Waals surface area contributed by atoms with Crippen molar-refractivity contribution in [1.29, 1.82) is 0 Å². The van der Waals surface area contributed by atoms with Crippen LogP contribution in [0.2, 0.25) is 0 Å². The molecule has 0 aromatic carbocycles. The molecule has 1 aromatic heterocycles. The fourth-order valence-electron chi connectivity index (χ4n) is 1.95. The summed E-state index contributed by atoms with van der Waals surface area (Å²) in [7, 11) is 3.64. The zero-order valence-corrected chi connectivity index (χ0v) is 18.1. The minimum absolute atomic E-state index is 0. The van der Waals surface area contributed by atoms with E-state index in [0.717, 1.165) is 25.3 Å². The van der Waals surface area contributed by atoms with Crippen LogP contribution < -0.4 is 16.0 Å². The Hall–Kier alpha value is -1.52. The van der Waals surface area contributed by atoms with Crippen molar-refractivity contribution in [2.75, 3.05) is 26.7 Å². The highest BCUT2D eigenvalue weighted by atomic mass is 127. The maximum atomic E-state index is 11.5. The number of aromatic nitrogens is 2. The lowest BCUT2D eigenvalue weighted by Crippen LogP contribution is -2.40. The quantitative estimate of drug-likeness (QED) is 0.246. The van der Waals surface area contributed by atoms with Crippen LogP contribution in [0, 0.1) is 0 Å². The number of rotatable bonds is 7. The molecule has 0 fully saturated rings. The van der Waals surface area contributed by atoms with E-state index in [-0.39, 0.29) is 30.1 Å². The van der Waals surface area contributed by atoms with Crippen LogP contribution in [0.3, 0.4) is 0 Å². The number of hydrogen-bond donors (Lipinski definition) is 3. The van der Waals surface area contributed by atoms with E-state index in [1.807, 2.05) is 40.2 Å². The van der Waals surface area contributed by atoms with E-state index in [1.54, 1.807) is 11.7 Å². The Morgan fingerprint density at radius 3 is 2.44 bits per heavy atom. The summed E-state index contributed by atoms with van der Waals surface area (Å²) in [5, 5.41) is 13.3. The van der Waals surface area contributed by atoms with Crippen LogP contribution in [0.4, 0.5) is 4.79 Å². The predicted molar refractivity (Wildman–Crippen MR) is 111 cm³/mol. The number of carbonyl (C=O) groups is 1. The Bertz CT molecular complexity index is 539. The molecular formula is C16H31IN6O2. The van der Waals surface area contributed by atoms with Crippen molar-refractivity contribution in [1.82, 2.24) is 25.7 Å². The van der Waals surface area contributed by atoms with Crippen molar-refractivity contribution >= 4 is 36.0 Å². The van der Waals surface area contributed by atoms with Crippen LogP contribution in [-0.2, 0) is 18.2 Å². The number of nitrogens with zero attached hydrogens (tertiary/aromatic N) is 3. The van der Waals surface area contributed by atoms with Crippen molar-refractivity contribution in [3.05, 3.63) is 18.0 Å². The molecule has 0 saturated carbocycles. The maximum Gasteiger partial charge on any atom is 0.407 e. The zero-order chi connectivity index (χ0) is 18.0. The Morgan fingerprint density at radius 1 is 1.24 bits per heavy atom. The standard InChI is InChI=1S/C16H30N6O2.HI/c1-16(2,3)24-15(23)20-9-6-8-18-14(17-4)19-10-7-13-11-21-22(5)12-13;/h11-12H,6-10H2,1-5H3,(H,20,23)(H2,17,18,19);1H. The molecular weight excluding hydrogens is 435 g/mol. The van der Waals surface area contributed by atoms with Crippen molar-refractivity contribution in [2.45, 2.75) is 39.2 Å². The second kappa shape index (κ2) is 11.9. The monoisotopic (exact) mass is 466 g/mol. The molecule has 0 atom stereocenters.